The highest BCUT2D eigenvalue weighted by Gasteiger charge is 2.27. The van der Waals surface area contributed by atoms with Crippen molar-refractivity contribution in [2.75, 3.05) is 19.8 Å². The van der Waals surface area contributed by atoms with Gasteiger partial charge in [0.25, 0.3) is 5.91 Å². The molecule has 8 nitrogen and oxygen atoms in total. The predicted octanol–water partition coefficient (Wildman–Crippen LogP) is 1.63. The van der Waals surface area contributed by atoms with Crippen LogP contribution in [0.15, 0.2) is 30.3 Å². The third kappa shape index (κ3) is 3.45. The van der Waals surface area contributed by atoms with E-state index < -0.39 is 6.29 Å². The van der Waals surface area contributed by atoms with Crippen LogP contribution in [0.5, 0.6) is 0 Å². The van der Waals surface area contributed by atoms with E-state index in [0.29, 0.717) is 32.0 Å². The monoisotopic (exact) mass is 369 g/mol. The van der Waals surface area contributed by atoms with Gasteiger partial charge in [0.05, 0.1) is 43.0 Å². The molecule has 0 radical (unpaired) electrons. The number of para-hydroxylation sites is 2. The highest BCUT2D eigenvalue weighted by atomic mass is 16.7. The molecule has 1 aliphatic rings. The summed E-state index contributed by atoms with van der Waals surface area (Å²) in [5.41, 5.74) is 3.28. The molecule has 27 heavy (non-hydrogen) atoms. The first kappa shape index (κ1) is 17.7. The van der Waals surface area contributed by atoms with Crippen molar-refractivity contribution in [1.29, 1.82) is 0 Å². The van der Waals surface area contributed by atoms with Gasteiger partial charge in [-0.25, -0.2) is 4.98 Å². The molecule has 2 aromatic heterocycles. The number of benzene rings is 1. The van der Waals surface area contributed by atoms with Crippen LogP contribution in [0.2, 0.25) is 0 Å². The van der Waals surface area contributed by atoms with Crippen molar-refractivity contribution in [1.82, 2.24) is 24.2 Å². The highest BCUT2D eigenvalue weighted by Crippen LogP contribution is 2.18. The molecular weight excluding hydrogens is 346 g/mol. The summed E-state index contributed by atoms with van der Waals surface area (Å²) < 4.78 is 14.8. The second-order valence-electron chi connectivity index (χ2n) is 6.73. The van der Waals surface area contributed by atoms with Gasteiger partial charge in [-0.3, -0.25) is 9.48 Å². The molecule has 1 aromatic carbocycles. The van der Waals surface area contributed by atoms with Crippen molar-refractivity contribution in [2.24, 2.45) is 14.1 Å². The number of aryl methyl sites for hydroxylation is 3. The summed E-state index contributed by atoms with van der Waals surface area (Å²) in [6, 6.07) is 9.72. The largest absolute Gasteiger partial charge is 0.348 e. The van der Waals surface area contributed by atoms with E-state index in [1.165, 1.54) is 0 Å². The summed E-state index contributed by atoms with van der Waals surface area (Å²) in [5, 5.41) is 4.29. The van der Waals surface area contributed by atoms with Crippen LogP contribution in [0, 0.1) is 6.92 Å². The number of aromatic nitrogens is 4. The number of amides is 1. The molecule has 0 atom stereocenters. The van der Waals surface area contributed by atoms with E-state index in [9.17, 15) is 4.79 Å². The average Bonchev–Trinajstić information content (AvgIpc) is 3.35. The highest BCUT2D eigenvalue weighted by molar-refractivity contribution is 5.92. The standard InChI is InChI=1S/C19H23N5O3/c1-13-10-16(23(3)21-13)19(25)24(12-18-26-8-9-27-18)11-17-20-14-6-4-5-7-15(14)22(17)2/h4-7,10,18H,8-9,11-12H2,1-3H3. The zero-order chi connectivity index (χ0) is 19.0. The Morgan fingerprint density at radius 1 is 1.26 bits per heavy atom. The number of hydrogen-bond acceptors (Lipinski definition) is 5. The van der Waals surface area contributed by atoms with Gasteiger partial charge in [0.1, 0.15) is 11.5 Å². The molecule has 1 amide bonds. The molecule has 0 N–H and O–H groups in total. The van der Waals surface area contributed by atoms with Crippen LogP contribution in [0.3, 0.4) is 0 Å². The van der Waals surface area contributed by atoms with Crippen LogP contribution in [-0.4, -0.2) is 56.2 Å². The number of carbonyl (C=O) groups excluding carboxylic acids is 1. The van der Waals surface area contributed by atoms with Crippen molar-refractivity contribution in [3.8, 4) is 0 Å². The van der Waals surface area contributed by atoms with Crippen LogP contribution in [0.4, 0.5) is 0 Å². The molecule has 142 valence electrons. The third-order valence-corrected chi connectivity index (χ3v) is 4.78. The molecule has 1 saturated heterocycles. The lowest BCUT2D eigenvalue weighted by atomic mass is 10.3. The number of fused-ring (bicyclic) bond motifs is 1. The van der Waals surface area contributed by atoms with Crippen molar-refractivity contribution in [3.63, 3.8) is 0 Å². The second kappa shape index (κ2) is 7.13. The Morgan fingerprint density at radius 3 is 2.67 bits per heavy atom. The molecule has 0 spiro atoms. The van der Waals surface area contributed by atoms with Crippen molar-refractivity contribution < 1.29 is 14.3 Å². The minimum Gasteiger partial charge on any atom is -0.348 e. The predicted molar refractivity (Wildman–Crippen MR) is 99.1 cm³/mol. The van der Waals surface area contributed by atoms with Gasteiger partial charge >= 0.3 is 0 Å². The number of carbonyl (C=O) groups is 1. The number of rotatable bonds is 5. The van der Waals surface area contributed by atoms with E-state index in [-0.39, 0.29) is 5.91 Å². The summed E-state index contributed by atoms with van der Waals surface area (Å²) in [7, 11) is 3.74. The van der Waals surface area contributed by atoms with Crippen LogP contribution in [0.1, 0.15) is 22.0 Å². The average molecular weight is 369 g/mol. The van der Waals surface area contributed by atoms with E-state index >= 15 is 0 Å². The SMILES string of the molecule is Cc1cc(C(=O)N(Cc2nc3ccccc3n2C)CC2OCCO2)n(C)n1. The Labute approximate surface area is 157 Å². The maximum atomic E-state index is 13.2. The Hall–Kier alpha value is -2.71. The number of imidazole rings is 1. The lowest BCUT2D eigenvalue weighted by Crippen LogP contribution is -2.39. The molecule has 3 aromatic rings. The molecule has 0 unspecified atom stereocenters. The first-order chi connectivity index (χ1) is 13.0. The van der Waals surface area contributed by atoms with E-state index in [1.807, 2.05) is 42.8 Å². The first-order valence-corrected chi connectivity index (χ1v) is 8.96. The Balaban J connectivity index is 1.65. The molecule has 4 rings (SSSR count). The molecule has 0 aliphatic carbocycles. The Morgan fingerprint density at radius 2 is 2.00 bits per heavy atom. The van der Waals surface area contributed by atoms with Crippen molar-refractivity contribution in [2.45, 2.75) is 19.8 Å². The van der Waals surface area contributed by atoms with Gasteiger partial charge in [0.2, 0.25) is 0 Å². The van der Waals surface area contributed by atoms with Crippen LogP contribution < -0.4 is 0 Å². The van der Waals surface area contributed by atoms with E-state index in [4.69, 9.17) is 14.5 Å². The molecule has 1 aliphatic heterocycles. The summed E-state index contributed by atoms with van der Waals surface area (Å²) in [4.78, 5) is 19.6. The van der Waals surface area contributed by atoms with E-state index in [2.05, 4.69) is 5.10 Å². The van der Waals surface area contributed by atoms with Crippen LogP contribution in [0.25, 0.3) is 11.0 Å². The summed E-state index contributed by atoms with van der Waals surface area (Å²) in [6.45, 7) is 3.66. The number of ether oxygens (including phenoxy) is 2. The van der Waals surface area contributed by atoms with Crippen molar-refractivity contribution in [3.05, 3.63) is 47.5 Å². The van der Waals surface area contributed by atoms with Crippen LogP contribution in [-0.2, 0) is 30.1 Å². The molecular formula is C19H23N5O3. The summed E-state index contributed by atoms with van der Waals surface area (Å²) in [5.74, 6) is 0.686. The minimum absolute atomic E-state index is 0.121. The van der Waals surface area contributed by atoms with Crippen molar-refractivity contribution >= 4 is 16.9 Å². The zero-order valence-electron chi connectivity index (χ0n) is 15.8. The van der Waals surface area contributed by atoms with Gasteiger partial charge in [0.15, 0.2) is 6.29 Å². The second-order valence-corrected chi connectivity index (χ2v) is 6.73. The van der Waals surface area contributed by atoms with E-state index in [0.717, 1.165) is 22.6 Å². The number of nitrogens with zero attached hydrogens (tertiary/aromatic N) is 5. The summed E-state index contributed by atoms with van der Waals surface area (Å²) in [6.07, 6.45) is -0.419. The first-order valence-electron chi connectivity index (χ1n) is 8.96. The Kier molecular flexibility index (Phi) is 4.67. The fourth-order valence-corrected chi connectivity index (χ4v) is 3.39. The van der Waals surface area contributed by atoms with Gasteiger partial charge in [-0.05, 0) is 25.1 Å². The molecule has 8 heteroatoms. The zero-order valence-corrected chi connectivity index (χ0v) is 15.8. The quantitative estimate of drug-likeness (QED) is 0.683. The van der Waals surface area contributed by atoms with Gasteiger partial charge in [0, 0.05) is 14.1 Å². The maximum Gasteiger partial charge on any atom is 0.272 e. The lowest BCUT2D eigenvalue weighted by molar-refractivity contribution is -0.0589. The fourth-order valence-electron chi connectivity index (χ4n) is 3.39. The van der Waals surface area contributed by atoms with E-state index in [1.54, 1.807) is 22.7 Å². The fraction of sp³-hybridized carbons (Fsp3) is 0.421. The van der Waals surface area contributed by atoms with Gasteiger partial charge in [-0.1, -0.05) is 12.1 Å². The van der Waals surface area contributed by atoms with Gasteiger partial charge in [-0.2, -0.15) is 5.10 Å². The van der Waals surface area contributed by atoms with Gasteiger partial charge < -0.3 is 18.9 Å². The minimum atomic E-state index is -0.419. The number of hydrogen-bond donors (Lipinski definition) is 0. The smallest absolute Gasteiger partial charge is 0.272 e. The normalized spacial score (nSPS) is 14.9. The molecule has 0 saturated carbocycles. The maximum absolute atomic E-state index is 13.2. The molecule has 3 heterocycles. The molecule has 1 fully saturated rings. The Bertz CT molecular complexity index is 971. The topological polar surface area (TPSA) is 74.4 Å². The third-order valence-electron chi connectivity index (χ3n) is 4.78. The lowest BCUT2D eigenvalue weighted by Gasteiger charge is -2.24. The summed E-state index contributed by atoms with van der Waals surface area (Å²) >= 11 is 0. The molecule has 0 bridgehead atoms. The van der Waals surface area contributed by atoms with Gasteiger partial charge in [-0.15, -0.1) is 0 Å². The van der Waals surface area contributed by atoms with Crippen LogP contribution >= 0.6 is 0 Å².